The van der Waals surface area contributed by atoms with Crippen molar-refractivity contribution in [3.05, 3.63) is 93.2 Å². The molecule has 0 radical (unpaired) electrons. The second kappa shape index (κ2) is 8.90. The van der Waals surface area contributed by atoms with Crippen LogP contribution in [0.1, 0.15) is 32.6 Å². The normalized spacial score (nSPS) is 16.7. The molecule has 2 heterocycles. The summed E-state index contributed by atoms with van der Waals surface area (Å²) < 4.78 is 16.9. The van der Waals surface area contributed by atoms with Gasteiger partial charge in [-0.3, -0.25) is 4.79 Å². The van der Waals surface area contributed by atoms with Gasteiger partial charge in [-0.05, 0) is 24.3 Å². The molecule has 1 atom stereocenters. The molecule has 1 unspecified atom stereocenters. The monoisotopic (exact) mass is 463 g/mol. The van der Waals surface area contributed by atoms with E-state index in [1.54, 1.807) is 18.2 Å². The number of allylic oxidation sites excluding steroid dienone is 1. The van der Waals surface area contributed by atoms with E-state index in [9.17, 15) is 9.90 Å². The quantitative estimate of drug-likeness (QED) is 0.589. The van der Waals surface area contributed by atoms with Gasteiger partial charge in [-0.25, -0.2) is 0 Å². The third kappa shape index (κ3) is 4.33. The molecule has 0 amide bonds. The van der Waals surface area contributed by atoms with E-state index in [1.165, 1.54) is 17.7 Å². The predicted octanol–water partition coefficient (Wildman–Crippen LogP) is 3.11. The molecular formula is C26H22ClNO5. The molecule has 0 aliphatic carbocycles. The molecule has 0 saturated heterocycles. The van der Waals surface area contributed by atoms with Crippen molar-refractivity contribution in [1.29, 1.82) is 0 Å². The van der Waals surface area contributed by atoms with Crippen molar-refractivity contribution >= 4 is 23.5 Å². The van der Waals surface area contributed by atoms with E-state index >= 15 is 0 Å². The highest BCUT2D eigenvalue weighted by atomic mass is 35.5. The van der Waals surface area contributed by atoms with Crippen molar-refractivity contribution < 1.29 is 29.0 Å². The smallest absolute Gasteiger partial charge is 0.231 e. The molecule has 2 aliphatic rings. The Morgan fingerprint density at radius 3 is 2.73 bits per heavy atom. The first kappa shape index (κ1) is 21.5. The van der Waals surface area contributed by atoms with E-state index in [1.807, 2.05) is 25.2 Å². The van der Waals surface area contributed by atoms with Crippen LogP contribution in [-0.2, 0) is 24.4 Å². The number of Topliss-reactive ketones (excluding diaryl/α,β-unsaturated/α-hetero) is 1. The van der Waals surface area contributed by atoms with Gasteiger partial charge in [0.2, 0.25) is 5.78 Å². The Morgan fingerprint density at radius 1 is 1.09 bits per heavy atom. The number of ketones is 1. The summed E-state index contributed by atoms with van der Waals surface area (Å²) in [4.78, 5) is 14.2. The number of carbonyl (C=O) groups is 1. The van der Waals surface area contributed by atoms with Gasteiger partial charge in [-0.15, -0.1) is 0 Å². The summed E-state index contributed by atoms with van der Waals surface area (Å²) in [6.45, 7) is 1.68. The van der Waals surface area contributed by atoms with Gasteiger partial charge in [-0.2, -0.15) is 0 Å². The van der Waals surface area contributed by atoms with E-state index in [4.69, 9.17) is 25.8 Å². The number of benzene rings is 3. The third-order valence-corrected chi connectivity index (χ3v) is 5.93. The first-order chi connectivity index (χ1) is 16.0. The van der Waals surface area contributed by atoms with Crippen LogP contribution >= 0.6 is 11.6 Å². The van der Waals surface area contributed by atoms with E-state index in [0.717, 1.165) is 17.0 Å². The van der Waals surface area contributed by atoms with Crippen molar-refractivity contribution in [1.82, 2.24) is 0 Å². The van der Waals surface area contributed by atoms with Crippen LogP contribution < -0.4 is 19.5 Å². The van der Waals surface area contributed by atoms with E-state index in [-0.39, 0.29) is 24.1 Å². The van der Waals surface area contributed by atoms with E-state index in [0.29, 0.717) is 46.4 Å². The fraction of sp³-hybridized carbons (Fsp3) is 0.192. The topological polar surface area (TPSA) is 72.3 Å². The molecule has 168 valence electrons. The highest BCUT2D eigenvalue weighted by Gasteiger charge is 2.31. The predicted molar refractivity (Wildman–Crippen MR) is 121 cm³/mol. The number of hydrogen-bond donors (Lipinski definition) is 1. The second-order valence-electron chi connectivity index (χ2n) is 8.25. The molecule has 6 nitrogen and oxygen atoms in total. The van der Waals surface area contributed by atoms with Crippen LogP contribution in [-0.4, -0.2) is 19.6 Å². The maximum Gasteiger partial charge on any atom is 0.231 e. The average Bonchev–Trinajstić information content (AvgIpc) is 3.12. The van der Waals surface area contributed by atoms with Crippen LogP contribution in [0.4, 0.5) is 0 Å². The van der Waals surface area contributed by atoms with Crippen molar-refractivity contribution in [3.63, 3.8) is 0 Å². The minimum Gasteiger partial charge on any atom is -0.872 e. The molecule has 0 spiro atoms. The van der Waals surface area contributed by atoms with E-state index < -0.39 is 0 Å². The Hall–Kier alpha value is -3.32. The molecular weight excluding hydrogens is 442 g/mol. The number of halogens is 1. The van der Waals surface area contributed by atoms with Gasteiger partial charge in [0.15, 0.2) is 12.6 Å². The highest BCUT2D eigenvalue weighted by molar-refractivity contribution is 6.31. The van der Waals surface area contributed by atoms with Gasteiger partial charge in [0, 0.05) is 27.3 Å². The standard InChI is InChI=1S/C26H22ClNO5/c1-28(12-16-5-3-2-4-6-16)13-21-22(29)8-7-20-24(30)23(33-26(20)21)11-17-9-19(27)10-18-14-31-15-32-25(17)18/h2-11,29H,12-15H2,1H3/b23-11-. The zero-order valence-corrected chi connectivity index (χ0v) is 18.8. The summed E-state index contributed by atoms with van der Waals surface area (Å²) in [5.74, 6) is 0.675. The number of hydrogen-bond acceptors (Lipinski definition) is 5. The zero-order valence-electron chi connectivity index (χ0n) is 18.0. The van der Waals surface area contributed by atoms with Crippen LogP contribution in [0.3, 0.4) is 0 Å². The lowest BCUT2D eigenvalue weighted by Gasteiger charge is -2.21. The van der Waals surface area contributed by atoms with Gasteiger partial charge in [0.1, 0.15) is 24.6 Å². The molecule has 1 N–H and O–H groups in total. The highest BCUT2D eigenvalue weighted by Crippen LogP contribution is 2.40. The Balaban J connectivity index is 1.45. The Bertz CT molecular complexity index is 1260. The molecule has 3 aromatic rings. The molecule has 5 rings (SSSR count). The van der Waals surface area contributed by atoms with Gasteiger partial charge in [0.05, 0.1) is 19.2 Å². The van der Waals surface area contributed by atoms with Crippen molar-refractivity contribution in [2.75, 3.05) is 13.8 Å². The average molecular weight is 464 g/mol. The maximum atomic E-state index is 13.1. The van der Waals surface area contributed by atoms with Crippen LogP contribution in [0.2, 0.25) is 5.02 Å². The molecule has 0 bridgehead atoms. The fourth-order valence-corrected chi connectivity index (χ4v) is 4.47. The van der Waals surface area contributed by atoms with Gasteiger partial charge < -0.3 is 24.2 Å². The summed E-state index contributed by atoms with van der Waals surface area (Å²) in [5.41, 5.74) is 3.49. The molecule has 7 heteroatoms. The van der Waals surface area contributed by atoms with Crippen molar-refractivity contribution in [2.24, 2.45) is 0 Å². The van der Waals surface area contributed by atoms with E-state index in [2.05, 4.69) is 12.1 Å². The number of rotatable bonds is 5. The van der Waals surface area contributed by atoms with Gasteiger partial charge in [-0.1, -0.05) is 53.7 Å². The third-order valence-electron chi connectivity index (χ3n) is 5.72. The minimum atomic E-state index is -0.271. The lowest BCUT2D eigenvalue weighted by molar-refractivity contribution is -0.907. The Kier molecular flexibility index (Phi) is 5.81. The summed E-state index contributed by atoms with van der Waals surface area (Å²) in [6, 6.07) is 16.5. The van der Waals surface area contributed by atoms with Crippen LogP contribution in [0.25, 0.3) is 6.08 Å². The number of carbonyl (C=O) groups excluding carboxylic acids is 1. The van der Waals surface area contributed by atoms with Gasteiger partial charge in [0.25, 0.3) is 0 Å². The first-order valence-corrected chi connectivity index (χ1v) is 11.0. The SMILES string of the molecule is C[NH+](Cc1ccccc1)Cc1c([O-])ccc2c1O/C(=C\c1cc(Cl)cc3c1OCOC3)C2=O. The Labute approximate surface area is 196 Å². The zero-order chi connectivity index (χ0) is 22.9. The first-order valence-electron chi connectivity index (χ1n) is 10.6. The fourth-order valence-electron chi connectivity index (χ4n) is 4.22. The number of fused-ring (bicyclic) bond motifs is 2. The molecule has 0 fully saturated rings. The van der Waals surface area contributed by atoms with Crippen molar-refractivity contribution in [2.45, 2.75) is 19.7 Å². The molecule has 2 aliphatic heterocycles. The molecule has 3 aromatic carbocycles. The molecule has 33 heavy (non-hydrogen) atoms. The second-order valence-corrected chi connectivity index (χ2v) is 8.69. The van der Waals surface area contributed by atoms with Crippen LogP contribution in [0.15, 0.2) is 60.4 Å². The molecule has 0 saturated carbocycles. The number of ether oxygens (including phenoxy) is 3. The maximum absolute atomic E-state index is 13.1. The van der Waals surface area contributed by atoms with Crippen LogP contribution in [0.5, 0.6) is 17.2 Å². The summed E-state index contributed by atoms with van der Waals surface area (Å²) in [5, 5.41) is 13.2. The summed E-state index contributed by atoms with van der Waals surface area (Å²) >= 11 is 6.25. The lowest BCUT2D eigenvalue weighted by atomic mass is 10.0. The number of quaternary nitrogens is 1. The summed E-state index contributed by atoms with van der Waals surface area (Å²) in [7, 11) is 2.01. The lowest BCUT2D eigenvalue weighted by Crippen LogP contribution is -3.06. The number of nitrogens with one attached hydrogen (secondary N) is 1. The van der Waals surface area contributed by atoms with Crippen LogP contribution in [0, 0.1) is 0 Å². The summed E-state index contributed by atoms with van der Waals surface area (Å²) in [6.07, 6.45) is 1.62. The largest absolute Gasteiger partial charge is 0.872 e. The minimum absolute atomic E-state index is 0.125. The molecule has 0 aromatic heterocycles. The van der Waals surface area contributed by atoms with Gasteiger partial charge >= 0.3 is 0 Å². The Morgan fingerprint density at radius 2 is 1.91 bits per heavy atom. The van der Waals surface area contributed by atoms with Crippen molar-refractivity contribution in [3.8, 4) is 17.2 Å².